The largest absolute Gasteiger partial charge is 0.478 e. The number of nitrogen functional groups attached to an aromatic ring is 1. The molecule has 19 heavy (non-hydrogen) atoms. The van der Waals surface area contributed by atoms with Crippen molar-refractivity contribution < 1.29 is 14.3 Å². The molecule has 0 aliphatic rings. The van der Waals surface area contributed by atoms with Gasteiger partial charge >= 0.3 is 5.97 Å². The van der Waals surface area contributed by atoms with Gasteiger partial charge in [0.15, 0.2) is 5.82 Å². The van der Waals surface area contributed by atoms with Gasteiger partial charge in [0, 0.05) is 6.20 Å². The Balaban J connectivity index is 2.41. The zero-order valence-corrected chi connectivity index (χ0v) is 10.3. The highest BCUT2D eigenvalue weighted by Gasteiger charge is 2.13. The van der Waals surface area contributed by atoms with Crippen LogP contribution in [0.3, 0.4) is 0 Å². The van der Waals surface area contributed by atoms with Crippen LogP contribution in [0, 0.1) is 5.82 Å². The topological polar surface area (TPSA) is 88.2 Å². The summed E-state index contributed by atoms with van der Waals surface area (Å²) in [6.45, 7) is 0. The van der Waals surface area contributed by atoms with Crippen molar-refractivity contribution in [3.05, 3.63) is 46.9 Å². The number of carbonyl (C=O) groups is 1. The van der Waals surface area contributed by atoms with Gasteiger partial charge < -0.3 is 16.2 Å². The van der Waals surface area contributed by atoms with Crippen molar-refractivity contribution in [3.63, 3.8) is 0 Å². The number of carboxylic acid groups (broad SMARTS) is 1. The number of hydrogen-bond donors (Lipinski definition) is 3. The first-order valence-corrected chi connectivity index (χ1v) is 5.56. The molecule has 0 amide bonds. The standard InChI is InChI=1S/C12H9ClFN3O2/c13-8-2-1-6(14)5-9(8)17-11-10(15)7(12(18)19)3-4-16-11/h1-5H,15H2,(H,16,17)(H,18,19). The van der Waals surface area contributed by atoms with E-state index in [9.17, 15) is 9.18 Å². The number of hydrogen-bond acceptors (Lipinski definition) is 4. The first-order chi connectivity index (χ1) is 8.99. The molecule has 1 aromatic heterocycles. The van der Waals surface area contributed by atoms with Crippen LogP contribution in [-0.4, -0.2) is 16.1 Å². The number of nitrogens with one attached hydrogen (secondary N) is 1. The minimum absolute atomic E-state index is 0.0460. The van der Waals surface area contributed by atoms with Crippen molar-refractivity contribution in [2.24, 2.45) is 0 Å². The third kappa shape index (κ3) is 2.74. The lowest BCUT2D eigenvalue weighted by Gasteiger charge is -2.11. The van der Waals surface area contributed by atoms with Crippen LogP contribution in [0.2, 0.25) is 5.02 Å². The number of carboxylic acids is 1. The highest BCUT2D eigenvalue weighted by Crippen LogP contribution is 2.29. The summed E-state index contributed by atoms with van der Waals surface area (Å²) in [5.74, 6) is -1.56. The predicted molar refractivity (Wildman–Crippen MR) is 70.3 cm³/mol. The van der Waals surface area contributed by atoms with Gasteiger partial charge in [-0.25, -0.2) is 14.2 Å². The van der Waals surface area contributed by atoms with Gasteiger partial charge in [0.2, 0.25) is 0 Å². The number of rotatable bonds is 3. The molecular formula is C12H9ClFN3O2. The number of anilines is 3. The minimum atomic E-state index is -1.17. The van der Waals surface area contributed by atoms with Gasteiger partial charge in [0.25, 0.3) is 0 Å². The molecule has 0 saturated carbocycles. The molecule has 0 spiro atoms. The summed E-state index contributed by atoms with van der Waals surface area (Å²) in [4.78, 5) is 14.8. The average Bonchev–Trinajstić information content (AvgIpc) is 2.36. The Bertz CT molecular complexity index is 649. The van der Waals surface area contributed by atoms with Crippen LogP contribution in [0.25, 0.3) is 0 Å². The van der Waals surface area contributed by atoms with E-state index in [4.69, 9.17) is 22.4 Å². The van der Waals surface area contributed by atoms with Crippen molar-refractivity contribution in [2.75, 3.05) is 11.1 Å². The third-order valence-corrected chi connectivity index (χ3v) is 2.73. The third-order valence-electron chi connectivity index (χ3n) is 2.40. The lowest BCUT2D eigenvalue weighted by molar-refractivity contribution is 0.0698. The van der Waals surface area contributed by atoms with E-state index in [1.165, 1.54) is 24.4 Å². The van der Waals surface area contributed by atoms with Crippen molar-refractivity contribution in [1.82, 2.24) is 4.98 Å². The molecule has 1 aromatic carbocycles. The molecule has 4 N–H and O–H groups in total. The van der Waals surface area contributed by atoms with E-state index in [-0.39, 0.29) is 27.8 Å². The SMILES string of the molecule is Nc1c(C(=O)O)ccnc1Nc1cc(F)ccc1Cl. The maximum absolute atomic E-state index is 13.1. The molecule has 2 rings (SSSR count). The molecule has 0 radical (unpaired) electrons. The smallest absolute Gasteiger partial charge is 0.337 e. The number of aromatic carboxylic acids is 1. The molecule has 0 fully saturated rings. The van der Waals surface area contributed by atoms with E-state index in [2.05, 4.69) is 10.3 Å². The van der Waals surface area contributed by atoms with Crippen LogP contribution in [0.4, 0.5) is 21.6 Å². The van der Waals surface area contributed by atoms with Crippen molar-refractivity contribution in [3.8, 4) is 0 Å². The Kier molecular flexibility index (Phi) is 3.52. The lowest BCUT2D eigenvalue weighted by Crippen LogP contribution is -2.07. The summed E-state index contributed by atoms with van der Waals surface area (Å²) in [5.41, 5.74) is 5.79. The number of nitrogens with zero attached hydrogens (tertiary/aromatic N) is 1. The van der Waals surface area contributed by atoms with Crippen LogP contribution in [0.5, 0.6) is 0 Å². The van der Waals surface area contributed by atoms with Gasteiger partial charge in [-0.3, -0.25) is 0 Å². The molecule has 1 heterocycles. The molecule has 0 aliphatic heterocycles. The zero-order valence-electron chi connectivity index (χ0n) is 9.52. The van der Waals surface area contributed by atoms with Crippen molar-refractivity contribution >= 4 is 34.8 Å². The molecule has 5 nitrogen and oxygen atoms in total. The Labute approximate surface area is 112 Å². The molecule has 98 valence electrons. The van der Waals surface area contributed by atoms with E-state index < -0.39 is 11.8 Å². The van der Waals surface area contributed by atoms with E-state index >= 15 is 0 Å². The van der Waals surface area contributed by atoms with Crippen LogP contribution in [0.1, 0.15) is 10.4 Å². The Morgan fingerprint density at radius 1 is 1.42 bits per heavy atom. The summed E-state index contributed by atoms with van der Waals surface area (Å²) in [6.07, 6.45) is 1.29. The van der Waals surface area contributed by atoms with Gasteiger partial charge in [-0.05, 0) is 24.3 Å². The van der Waals surface area contributed by atoms with Crippen molar-refractivity contribution in [1.29, 1.82) is 0 Å². The summed E-state index contributed by atoms with van der Waals surface area (Å²) in [6, 6.07) is 5.02. The van der Waals surface area contributed by atoms with E-state index in [0.717, 1.165) is 6.07 Å². The van der Waals surface area contributed by atoms with Crippen molar-refractivity contribution in [2.45, 2.75) is 0 Å². The monoisotopic (exact) mass is 281 g/mol. The summed E-state index contributed by atoms with van der Waals surface area (Å²) < 4.78 is 13.1. The van der Waals surface area contributed by atoms with Gasteiger partial charge in [-0.15, -0.1) is 0 Å². The van der Waals surface area contributed by atoms with Gasteiger partial charge in [-0.2, -0.15) is 0 Å². The average molecular weight is 282 g/mol. The fraction of sp³-hybridized carbons (Fsp3) is 0. The normalized spacial score (nSPS) is 10.2. The number of benzene rings is 1. The second-order valence-electron chi connectivity index (χ2n) is 3.68. The lowest BCUT2D eigenvalue weighted by atomic mass is 10.2. The summed E-state index contributed by atoms with van der Waals surface area (Å²) >= 11 is 5.89. The van der Waals surface area contributed by atoms with Crippen LogP contribution in [-0.2, 0) is 0 Å². The van der Waals surface area contributed by atoms with Gasteiger partial charge in [-0.1, -0.05) is 11.6 Å². The number of halogens is 2. The molecule has 0 saturated heterocycles. The number of nitrogens with two attached hydrogens (primary N) is 1. The maximum atomic E-state index is 13.1. The molecule has 0 bridgehead atoms. The van der Waals surface area contributed by atoms with Crippen LogP contribution < -0.4 is 11.1 Å². The first-order valence-electron chi connectivity index (χ1n) is 5.19. The van der Waals surface area contributed by atoms with Crippen LogP contribution >= 0.6 is 11.6 Å². The maximum Gasteiger partial charge on any atom is 0.337 e. The first kappa shape index (κ1) is 13.1. The molecule has 0 atom stereocenters. The highest BCUT2D eigenvalue weighted by molar-refractivity contribution is 6.33. The zero-order chi connectivity index (χ0) is 14.0. The fourth-order valence-corrected chi connectivity index (χ4v) is 1.64. The molecular weight excluding hydrogens is 273 g/mol. The van der Waals surface area contributed by atoms with Gasteiger partial charge in [0.05, 0.1) is 22.0 Å². The van der Waals surface area contributed by atoms with Gasteiger partial charge in [0.1, 0.15) is 5.82 Å². The molecule has 7 heteroatoms. The summed E-state index contributed by atoms with van der Waals surface area (Å²) in [7, 11) is 0. The number of aromatic nitrogens is 1. The quantitative estimate of drug-likeness (QED) is 0.805. The van der Waals surface area contributed by atoms with Crippen LogP contribution in [0.15, 0.2) is 30.5 Å². The van der Waals surface area contributed by atoms with E-state index in [1.54, 1.807) is 0 Å². The highest BCUT2D eigenvalue weighted by atomic mass is 35.5. The molecule has 2 aromatic rings. The predicted octanol–water partition coefficient (Wildman–Crippen LogP) is 2.90. The number of pyridine rings is 1. The minimum Gasteiger partial charge on any atom is -0.478 e. The van der Waals surface area contributed by atoms with E-state index in [1.807, 2.05) is 0 Å². The molecule has 0 aliphatic carbocycles. The Morgan fingerprint density at radius 3 is 2.84 bits per heavy atom. The fourth-order valence-electron chi connectivity index (χ4n) is 1.48. The van der Waals surface area contributed by atoms with E-state index in [0.29, 0.717) is 0 Å². The second kappa shape index (κ2) is 5.11. The molecule has 0 unspecified atom stereocenters. The Morgan fingerprint density at radius 2 is 2.16 bits per heavy atom. The summed E-state index contributed by atoms with van der Waals surface area (Å²) in [5, 5.41) is 11.9. The Hall–Kier alpha value is -2.34. The second-order valence-corrected chi connectivity index (χ2v) is 4.08.